The Kier molecular flexibility index (Phi) is 4.53. The van der Waals surface area contributed by atoms with Crippen molar-refractivity contribution in [1.82, 2.24) is 9.97 Å². The van der Waals surface area contributed by atoms with Gasteiger partial charge in [0.2, 0.25) is 0 Å². The molecule has 4 nitrogen and oxygen atoms in total. The van der Waals surface area contributed by atoms with E-state index in [0.29, 0.717) is 17.5 Å². The minimum atomic E-state index is -0.0959. The monoisotopic (exact) mass is 271 g/mol. The van der Waals surface area contributed by atoms with Crippen LogP contribution in [0.3, 0.4) is 0 Å². The number of nitrogens with two attached hydrogens (primary N) is 1. The van der Waals surface area contributed by atoms with Crippen LogP contribution in [-0.2, 0) is 6.54 Å². The van der Waals surface area contributed by atoms with E-state index in [9.17, 15) is 4.79 Å². The van der Waals surface area contributed by atoms with Crippen LogP contribution >= 0.6 is 23.5 Å². The predicted octanol–water partition coefficient (Wildman–Crippen LogP) is 1.53. The smallest absolute Gasteiger partial charge is 0.251 e. The second kappa shape index (κ2) is 5.93. The molecule has 6 heteroatoms. The van der Waals surface area contributed by atoms with E-state index in [4.69, 9.17) is 5.73 Å². The summed E-state index contributed by atoms with van der Waals surface area (Å²) in [5.41, 5.74) is 6.14. The maximum Gasteiger partial charge on any atom is 0.251 e. The van der Waals surface area contributed by atoms with Crippen LogP contribution in [0.1, 0.15) is 30.1 Å². The molecule has 0 aliphatic carbocycles. The van der Waals surface area contributed by atoms with Crippen LogP contribution in [0.2, 0.25) is 0 Å². The van der Waals surface area contributed by atoms with E-state index in [-0.39, 0.29) is 10.8 Å². The zero-order valence-electron chi connectivity index (χ0n) is 9.81. The number of hydrogen-bond acceptors (Lipinski definition) is 5. The molecule has 1 aliphatic rings. The van der Waals surface area contributed by atoms with Crippen molar-refractivity contribution in [3.63, 3.8) is 0 Å². The minimum absolute atomic E-state index is 0.0959. The van der Waals surface area contributed by atoms with E-state index in [1.165, 1.54) is 11.8 Å². The molecule has 1 aromatic rings. The van der Waals surface area contributed by atoms with Gasteiger partial charge in [0.1, 0.15) is 5.82 Å². The number of nitrogens with zero attached hydrogens (tertiary/aromatic N) is 1. The van der Waals surface area contributed by atoms with E-state index < -0.39 is 0 Å². The molecule has 1 aromatic heterocycles. The highest BCUT2D eigenvalue weighted by molar-refractivity contribution is 8.06. The summed E-state index contributed by atoms with van der Waals surface area (Å²) >= 11 is 3.85. The third kappa shape index (κ3) is 3.05. The van der Waals surface area contributed by atoms with Gasteiger partial charge in [-0.3, -0.25) is 4.79 Å². The number of aromatic nitrogens is 2. The Balaban J connectivity index is 2.31. The number of thioether (sulfide) groups is 2. The zero-order chi connectivity index (χ0) is 12.3. The number of H-pyrrole nitrogens is 1. The maximum absolute atomic E-state index is 11.5. The van der Waals surface area contributed by atoms with Gasteiger partial charge in [0.05, 0.1) is 10.9 Å². The van der Waals surface area contributed by atoms with Gasteiger partial charge in [-0.25, -0.2) is 4.98 Å². The van der Waals surface area contributed by atoms with Crippen LogP contribution in [0.5, 0.6) is 0 Å². The Morgan fingerprint density at radius 3 is 3.00 bits per heavy atom. The summed E-state index contributed by atoms with van der Waals surface area (Å²) in [7, 11) is 0. The molecule has 17 heavy (non-hydrogen) atoms. The molecular formula is C11H17N3OS2. The average Bonchev–Trinajstić information content (AvgIpc) is 2.37. The molecule has 1 saturated heterocycles. The second-order valence-electron chi connectivity index (χ2n) is 3.93. The van der Waals surface area contributed by atoms with Gasteiger partial charge in [-0.2, -0.15) is 11.8 Å². The van der Waals surface area contributed by atoms with Crippen molar-refractivity contribution >= 4 is 23.5 Å². The Morgan fingerprint density at radius 2 is 2.29 bits per heavy atom. The summed E-state index contributed by atoms with van der Waals surface area (Å²) in [6, 6.07) is 1.48. The first kappa shape index (κ1) is 13.0. The van der Waals surface area contributed by atoms with Crippen LogP contribution in [0, 0.1) is 0 Å². The molecule has 0 bridgehead atoms. The molecular weight excluding hydrogens is 254 g/mol. The molecule has 1 aliphatic heterocycles. The Bertz CT molecular complexity index is 435. The van der Waals surface area contributed by atoms with Gasteiger partial charge in [0.25, 0.3) is 5.56 Å². The molecule has 0 spiro atoms. The SMILES string of the molecule is CCC1SCCSC1c1nc(CN)cc(=O)[nH]1. The number of hydrogen-bond donors (Lipinski definition) is 2. The van der Waals surface area contributed by atoms with E-state index in [1.807, 2.05) is 23.5 Å². The van der Waals surface area contributed by atoms with E-state index in [1.54, 1.807) is 0 Å². The summed E-state index contributed by atoms with van der Waals surface area (Å²) in [6.07, 6.45) is 1.10. The lowest BCUT2D eigenvalue weighted by Crippen LogP contribution is -2.24. The van der Waals surface area contributed by atoms with Crippen LogP contribution in [0.15, 0.2) is 10.9 Å². The highest BCUT2D eigenvalue weighted by atomic mass is 32.2. The summed E-state index contributed by atoms with van der Waals surface area (Å²) in [4.78, 5) is 18.9. The summed E-state index contributed by atoms with van der Waals surface area (Å²) in [6.45, 7) is 2.50. The summed E-state index contributed by atoms with van der Waals surface area (Å²) in [5.74, 6) is 3.09. The quantitative estimate of drug-likeness (QED) is 0.872. The minimum Gasteiger partial charge on any atom is -0.325 e. The molecule has 1 fully saturated rings. The van der Waals surface area contributed by atoms with Crippen LogP contribution in [-0.4, -0.2) is 26.7 Å². The molecule has 2 heterocycles. The lowest BCUT2D eigenvalue weighted by Gasteiger charge is -2.29. The molecule has 2 unspecified atom stereocenters. The third-order valence-electron chi connectivity index (χ3n) is 2.74. The molecule has 2 rings (SSSR count). The van der Waals surface area contributed by atoms with Crippen molar-refractivity contribution in [2.45, 2.75) is 30.4 Å². The molecule has 0 aromatic carbocycles. The molecule has 0 saturated carbocycles. The fourth-order valence-corrected chi connectivity index (χ4v) is 4.94. The highest BCUT2D eigenvalue weighted by Crippen LogP contribution is 2.42. The van der Waals surface area contributed by atoms with Crippen molar-refractivity contribution in [2.75, 3.05) is 11.5 Å². The molecule has 3 N–H and O–H groups in total. The van der Waals surface area contributed by atoms with Gasteiger partial charge < -0.3 is 10.7 Å². The maximum atomic E-state index is 11.5. The van der Waals surface area contributed by atoms with Crippen molar-refractivity contribution in [1.29, 1.82) is 0 Å². The van der Waals surface area contributed by atoms with Crippen molar-refractivity contribution in [2.24, 2.45) is 5.73 Å². The highest BCUT2D eigenvalue weighted by Gasteiger charge is 2.28. The van der Waals surface area contributed by atoms with Gasteiger partial charge in [-0.15, -0.1) is 11.8 Å². The Hall–Kier alpha value is -0.460. The topological polar surface area (TPSA) is 71.8 Å². The van der Waals surface area contributed by atoms with Crippen molar-refractivity contribution in [3.05, 3.63) is 27.9 Å². The van der Waals surface area contributed by atoms with E-state index in [2.05, 4.69) is 16.9 Å². The van der Waals surface area contributed by atoms with E-state index in [0.717, 1.165) is 18.0 Å². The standard InChI is InChI=1S/C11H17N3OS2/c1-2-8-10(17-4-3-16-8)11-13-7(6-12)5-9(15)14-11/h5,8,10H,2-4,6,12H2,1H3,(H,13,14,15). The third-order valence-corrected chi connectivity index (χ3v) is 6.00. The Labute approximate surface area is 109 Å². The van der Waals surface area contributed by atoms with Gasteiger partial charge in [-0.1, -0.05) is 6.92 Å². The van der Waals surface area contributed by atoms with Crippen molar-refractivity contribution < 1.29 is 0 Å². The fourth-order valence-electron chi connectivity index (χ4n) is 1.92. The van der Waals surface area contributed by atoms with Gasteiger partial charge in [0, 0.05) is 29.4 Å². The van der Waals surface area contributed by atoms with Gasteiger partial charge >= 0.3 is 0 Å². The van der Waals surface area contributed by atoms with Crippen LogP contribution < -0.4 is 11.3 Å². The number of nitrogens with one attached hydrogen (secondary N) is 1. The second-order valence-corrected chi connectivity index (χ2v) is 6.53. The molecule has 0 radical (unpaired) electrons. The number of aromatic amines is 1. The first-order valence-corrected chi connectivity index (χ1v) is 7.87. The van der Waals surface area contributed by atoms with Crippen LogP contribution in [0.4, 0.5) is 0 Å². The molecule has 94 valence electrons. The first-order chi connectivity index (χ1) is 8.24. The lowest BCUT2D eigenvalue weighted by atomic mass is 10.2. The van der Waals surface area contributed by atoms with Gasteiger partial charge in [0.15, 0.2) is 0 Å². The predicted molar refractivity (Wildman–Crippen MR) is 74.5 cm³/mol. The van der Waals surface area contributed by atoms with E-state index >= 15 is 0 Å². The average molecular weight is 271 g/mol. The fraction of sp³-hybridized carbons (Fsp3) is 0.636. The first-order valence-electron chi connectivity index (χ1n) is 5.78. The zero-order valence-corrected chi connectivity index (χ0v) is 11.4. The number of rotatable bonds is 3. The van der Waals surface area contributed by atoms with Crippen LogP contribution in [0.25, 0.3) is 0 Å². The molecule has 0 amide bonds. The lowest BCUT2D eigenvalue weighted by molar-refractivity contribution is 0.734. The van der Waals surface area contributed by atoms with Gasteiger partial charge in [-0.05, 0) is 6.42 Å². The summed E-state index contributed by atoms with van der Waals surface area (Å²) in [5, 5.41) is 0.822. The Morgan fingerprint density at radius 1 is 1.53 bits per heavy atom. The largest absolute Gasteiger partial charge is 0.325 e. The summed E-state index contributed by atoms with van der Waals surface area (Å²) < 4.78 is 0. The van der Waals surface area contributed by atoms with Crippen molar-refractivity contribution in [3.8, 4) is 0 Å². The normalized spacial score (nSPS) is 24.8. The molecule has 2 atom stereocenters.